The number of hydrogen-bond donors (Lipinski definition) is 1. The van der Waals surface area contributed by atoms with E-state index < -0.39 is 16.3 Å². The van der Waals surface area contributed by atoms with Crippen molar-refractivity contribution in [1.82, 2.24) is 10.2 Å². The zero-order valence-electron chi connectivity index (χ0n) is 10.1. The fourth-order valence-corrected chi connectivity index (χ4v) is 2.03. The highest BCUT2D eigenvalue weighted by Gasteiger charge is 2.39. The van der Waals surface area contributed by atoms with Crippen LogP contribution in [0.2, 0.25) is 0 Å². The van der Waals surface area contributed by atoms with Crippen LogP contribution in [-0.2, 0) is 20.4 Å². The summed E-state index contributed by atoms with van der Waals surface area (Å²) in [5.74, 6) is -0.289. The van der Waals surface area contributed by atoms with Crippen LogP contribution in [0.1, 0.15) is 20.8 Å². The molecule has 1 aliphatic heterocycles. The number of nitrogens with zero attached hydrogens (tertiary/aromatic N) is 1. The van der Waals surface area contributed by atoms with E-state index in [4.69, 9.17) is 0 Å². The highest BCUT2D eigenvalue weighted by Crippen LogP contribution is 2.14. The molecule has 2 amide bonds. The summed E-state index contributed by atoms with van der Waals surface area (Å²) in [6.07, 6.45) is 1.60. The lowest BCUT2D eigenvalue weighted by Crippen LogP contribution is -2.64. The van der Waals surface area contributed by atoms with Crippen molar-refractivity contribution in [3.8, 4) is 0 Å². The second kappa shape index (κ2) is 4.53. The van der Waals surface area contributed by atoms with Crippen LogP contribution in [0.5, 0.6) is 0 Å². The molecule has 0 aromatic rings. The Kier molecular flexibility index (Phi) is 3.72. The number of nitrogens with one attached hydrogen (secondary N) is 1. The van der Waals surface area contributed by atoms with Crippen LogP contribution < -0.4 is 5.32 Å². The van der Waals surface area contributed by atoms with Crippen molar-refractivity contribution in [2.75, 3.05) is 19.3 Å². The standard InChI is InChI=1S/C10H18N2O3S/c1-7(16(4)15)5-12-6-8(13)11-10(2,3)9(12)14/h7H,5-6H2,1-4H3,(H,11,13). The lowest BCUT2D eigenvalue weighted by Gasteiger charge is -2.38. The average molecular weight is 246 g/mol. The molecule has 6 heteroatoms. The van der Waals surface area contributed by atoms with Gasteiger partial charge in [0.15, 0.2) is 0 Å². The molecule has 0 aromatic heterocycles. The minimum absolute atomic E-state index is 0.0593. The number of hydrogen-bond acceptors (Lipinski definition) is 3. The van der Waals surface area contributed by atoms with Gasteiger partial charge in [0, 0.05) is 28.9 Å². The Hall–Kier alpha value is -0.910. The van der Waals surface area contributed by atoms with E-state index in [1.54, 1.807) is 20.1 Å². The first-order valence-corrected chi connectivity index (χ1v) is 6.79. The Morgan fingerprint density at radius 2 is 2.06 bits per heavy atom. The molecule has 2 unspecified atom stereocenters. The highest BCUT2D eigenvalue weighted by atomic mass is 32.2. The van der Waals surface area contributed by atoms with Crippen LogP contribution in [0, 0.1) is 0 Å². The van der Waals surface area contributed by atoms with Crippen molar-refractivity contribution < 1.29 is 13.8 Å². The third kappa shape index (κ3) is 2.81. The molecule has 1 rings (SSSR count). The average Bonchev–Trinajstić information content (AvgIpc) is 2.12. The second-order valence-electron chi connectivity index (χ2n) is 4.67. The number of carbonyl (C=O) groups is 2. The molecule has 1 aliphatic rings. The minimum atomic E-state index is -0.989. The summed E-state index contributed by atoms with van der Waals surface area (Å²) in [4.78, 5) is 24.8. The zero-order chi connectivity index (χ0) is 12.5. The number of piperazine rings is 1. The van der Waals surface area contributed by atoms with E-state index in [0.29, 0.717) is 6.54 Å². The van der Waals surface area contributed by atoms with E-state index >= 15 is 0 Å². The summed E-state index contributed by atoms with van der Waals surface area (Å²) in [7, 11) is -0.989. The van der Waals surface area contributed by atoms with Gasteiger partial charge in [-0.2, -0.15) is 0 Å². The molecule has 2 atom stereocenters. The molecule has 1 heterocycles. The molecular formula is C10H18N2O3S. The van der Waals surface area contributed by atoms with E-state index in [-0.39, 0.29) is 23.6 Å². The van der Waals surface area contributed by atoms with Gasteiger partial charge in [-0.25, -0.2) is 0 Å². The molecule has 5 nitrogen and oxygen atoms in total. The minimum Gasteiger partial charge on any atom is -0.341 e. The van der Waals surface area contributed by atoms with E-state index in [1.807, 2.05) is 6.92 Å². The van der Waals surface area contributed by atoms with Crippen LogP contribution in [0.15, 0.2) is 0 Å². The van der Waals surface area contributed by atoms with Gasteiger partial charge in [0.25, 0.3) is 0 Å². The van der Waals surface area contributed by atoms with E-state index in [0.717, 1.165) is 0 Å². The third-order valence-electron chi connectivity index (χ3n) is 2.65. The molecule has 92 valence electrons. The SMILES string of the molecule is CC(CN1CC(=O)NC(C)(C)C1=O)S(C)=O. The van der Waals surface area contributed by atoms with Gasteiger partial charge in [-0.1, -0.05) is 0 Å². The Labute approximate surface area is 98.0 Å². The highest BCUT2D eigenvalue weighted by molar-refractivity contribution is 7.84. The van der Waals surface area contributed by atoms with Crippen molar-refractivity contribution in [3.63, 3.8) is 0 Å². The van der Waals surface area contributed by atoms with Gasteiger partial charge in [-0.15, -0.1) is 0 Å². The Bertz CT molecular complexity index is 341. The van der Waals surface area contributed by atoms with Crippen molar-refractivity contribution in [1.29, 1.82) is 0 Å². The fraction of sp³-hybridized carbons (Fsp3) is 0.800. The number of amides is 2. The quantitative estimate of drug-likeness (QED) is 0.729. The van der Waals surface area contributed by atoms with Crippen molar-refractivity contribution in [2.24, 2.45) is 0 Å². The summed E-state index contributed by atoms with van der Waals surface area (Å²) in [6.45, 7) is 5.57. The zero-order valence-corrected chi connectivity index (χ0v) is 10.9. The summed E-state index contributed by atoms with van der Waals surface area (Å²) in [5.41, 5.74) is -0.857. The summed E-state index contributed by atoms with van der Waals surface area (Å²) < 4.78 is 11.2. The molecule has 0 radical (unpaired) electrons. The number of rotatable bonds is 3. The molecule has 0 saturated carbocycles. The second-order valence-corrected chi connectivity index (χ2v) is 6.47. The monoisotopic (exact) mass is 246 g/mol. The Morgan fingerprint density at radius 3 is 2.56 bits per heavy atom. The first kappa shape index (κ1) is 13.2. The van der Waals surface area contributed by atoms with E-state index in [1.165, 1.54) is 4.90 Å². The van der Waals surface area contributed by atoms with Crippen molar-refractivity contribution in [2.45, 2.75) is 31.6 Å². The maximum atomic E-state index is 12.0. The molecule has 0 spiro atoms. The van der Waals surface area contributed by atoms with Gasteiger partial charge >= 0.3 is 0 Å². The van der Waals surface area contributed by atoms with Gasteiger partial charge in [0.05, 0.1) is 6.54 Å². The van der Waals surface area contributed by atoms with Gasteiger partial charge in [-0.05, 0) is 20.8 Å². The van der Waals surface area contributed by atoms with Crippen LogP contribution in [0.25, 0.3) is 0 Å². The number of carbonyl (C=O) groups excluding carboxylic acids is 2. The maximum Gasteiger partial charge on any atom is 0.248 e. The summed E-state index contributed by atoms with van der Waals surface area (Å²) in [5, 5.41) is 2.51. The lowest BCUT2D eigenvalue weighted by atomic mass is 10.0. The van der Waals surface area contributed by atoms with Gasteiger partial charge in [0.2, 0.25) is 11.8 Å². The van der Waals surface area contributed by atoms with Gasteiger partial charge in [-0.3, -0.25) is 13.8 Å². The fourth-order valence-electron chi connectivity index (χ4n) is 1.64. The molecule has 0 bridgehead atoms. The molecule has 1 fully saturated rings. The topological polar surface area (TPSA) is 66.5 Å². The van der Waals surface area contributed by atoms with E-state index in [9.17, 15) is 13.8 Å². The van der Waals surface area contributed by atoms with E-state index in [2.05, 4.69) is 5.32 Å². The summed E-state index contributed by atoms with van der Waals surface area (Å²) >= 11 is 0. The molecule has 0 aliphatic carbocycles. The van der Waals surface area contributed by atoms with Crippen LogP contribution >= 0.6 is 0 Å². The molecule has 16 heavy (non-hydrogen) atoms. The molecule has 1 N–H and O–H groups in total. The lowest BCUT2D eigenvalue weighted by molar-refractivity contribution is -0.148. The van der Waals surface area contributed by atoms with Crippen molar-refractivity contribution >= 4 is 22.6 Å². The third-order valence-corrected chi connectivity index (χ3v) is 3.93. The van der Waals surface area contributed by atoms with Crippen LogP contribution in [0.3, 0.4) is 0 Å². The normalized spacial score (nSPS) is 23.9. The predicted octanol–water partition coefficient (Wildman–Crippen LogP) is -0.510. The van der Waals surface area contributed by atoms with Crippen LogP contribution in [0.4, 0.5) is 0 Å². The Morgan fingerprint density at radius 1 is 1.50 bits per heavy atom. The molecule has 1 saturated heterocycles. The van der Waals surface area contributed by atoms with Gasteiger partial charge in [0.1, 0.15) is 5.54 Å². The maximum absolute atomic E-state index is 12.0. The van der Waals surface area contributed by atoms with Gasteiger partial charge < -0.3 is 10.2 Å². The predicted molar refractivity (Wildman–Crippen MR) is 62.3 cm³/mol. The smallest absolute Gasteiger partial charge is 0.248 e. The Balaban J connectivity index is 2.76. The molecular weight excluding hydrogens is 228 g/mol. The first-order chi connectivity index (χ1) is 7.24. The van der Waals surface area contributed by atoms with Crippen molar-refractivity contribution in [3.05, 3.63) is 0 Å². The molecule has 0 aromatic carbocycles. The largest absolute Gasteiger partial charge is 0.341 e. The summed E-state index contributed by atoms with van der Waals surface area (Å²) in [6, 6.07) is 0. The van der Waals surface area contributed by atoms with Crippen LogP contribution in [-0.4, -0.2) is 51.1 Å². The first-order valence-electron chi connectivity index (χ1n) is 5.16.